The fourth-order valence-corrected chi connectivity index (χ4v) is 5.91. The largest absolute Gasteiger partial charge is 0.462 e. The van der Waals surface area contributed by atoms with E-state index >= 15 is 0 Å². The highest BCUT2D eigenvalue weighted by atomic mass is 16.6. The Hall–Kier alpha value is -1.74. The SMILES string of the molecule is CCCCCCCCC=CCCCCCCCC(=O)OC[C@@H](OC(=O)CCCCCCCC=CCCCCCCCC)[C@@H](O)[C@H](O)[C@H](O)CO. The first-order valence-corrected chi connectivity index (χ1v) is 20.7. The van der Waals surface area contributed by atoms with Crippen LogP contribution in [0.3, 0.4) is 0 Å². The Bertz CT molecular complexity index is 814. The van der Waals surface area contributed by atoms with Gasteiger partial charge < -0.3 is 29.9 Å². The van der Waals surface area contributed by atoms with Crippen molar-refractivity contribution in [3.8, 4) is 0 Å². The molecule has 8 heteroatoms. The summed E-state index contributed by atoms with van der Waals surface area (Å²) in [5.41, 5.74) is 0. The van der Waals surface area contributed by atoms with Gasteiger partial charge in [-0.15, -0.1) is 0 Å². The Kier molecular flexibility index (Phi) is 35.7. The zero-order valence-corrected chi connectivity index (χ0v) is 32.3. The summed E-state index contributed by atoms with van der Waals surface area (Å²) in [4.78, 5) is 24.9. The fraction of sp³-hybridized carbons (Fsp3) is 0.857. The number of carbonyl (C=O) groups is 2. The van der Waals surface area contributed by atoms with Crippen molar-refractivity contribution in [1.29, 1.82) is 0 Å². The molecule has 0 saturated carbocycles. The predicted octanol–water partition coefficient (Wildman–Crippen LogP) is 9.59. The zero-order chi connectivity index (χ0) is 36.9. The molecular formula is C42H78O8. The molecule has 0 spiro atoms. The second-order valence-corrected chi connectivity index (χ2v) is 14.1. The minimum atomic E-state index is -1.76. The molecule has 8 nitrogen and oxygen atoms in total. The number of aliphatic hydroxyl groups excluding tert-OH is 4. The summed E-state index contributed by atoms with van der Waals surface area (Å²) in [6.45, 7) is 3.28. The highest BCUT2D eigenvalue weighted by Crippen LogP contribution is 2.15. The number of rotatable bonds is 37. The van der Waals surface area contributed by atoms with Gasteiger partial charge in [-0.05, 0) is 64.2 Å². The summed E-state index contributed by atoms with van der Waals surface area (Å²) in [6, 6.07) is 0. The molecule has 0 aromatic rings. The molecule has 0 heterocycles. The normalized spacial score (nSPS) is 14.3. The van der Waals surface area contributed by atoms with Crippen LogP contribution in [-0.4, -0.2) is 70.0 Å². The van der Waals surface area contributed by atoms with Crippen LogP contribution in [0, 0.1) is 0 Å². The molecule has 0 fully saturated rings. The number of hydrogen-bond acceptors (Lipinski definition) is 8. The maximum atomic E-state index is 12.5. The molecule has 0 rings (SSSR count). The van der Waals surface area contributed by atoms with Gasteiger partial charge in [-0.3, -0.25) is 9.59 Å². The van der Waals surface area contributed by atoms with Crippen molar-refractivity contribution in [2.75, 3.05) is 13.2 Å². The number of ether oxygens (including phenoxy) is 2. The van der Waals surface area contributed by atoms with Crippen molar-refractivity contribution in [1.82, 2.24) is 0 Å². The Balaban J connectivity index is 4.19. The second-order valence-electron chi connectivity index (χ2n) is 14.1. The van der Waals surface area contributed by atoms with E-state index in [0.29, 0.717) is 12.8 Å². The molecule has 0 aromatic heterocycles. The maximum Gasteiger partial charge on any atom is 0.306 e. The molecular weight excluding hydrogens is 632 g/mol. The Morgan fingerprint density at radius 1 is 0.500 bits per heavy atom. The Morgan fingerprint density at radius 3 is 1.26 bits per heavy atom. The number of unbranched alkanes of at least 4 members (excludes halogenated alkanes) is 22. The summed E-state index contributed by atoms with van der Waals surface area (Å²) >= 11 is 0. The summed E-state index contributed by atoms with van der Waals surface area (Å²) in [5.74, 6) is -1.03. The van der Waals surface area contributed by atoms with E-state index in [1.165, 1.54) is 83.5 Å². The second kappa shape index (κ2) is 37.0. The molecule has 0 amide bonds. The van der Waals surface area contributed by atoms with Crippen molar-refractivity contribution in [2.45, 2.75) is 218 Å². The Labute approximate surface area is 306 Å². The predicted molar refractivity (Wildman–Crippen MR) is 205 cm³/mol. The molecule has 0 radical (unpaired) electrons. The van der Waals surface area contributed by atoms with Crippen LogP contribution in [0.25, 0.3) is 0 Å². The van der Waals surface area contributed by atoms with Gasteiger partial charge in [0.2, 0.25) is 0 Å². The van der Waals surface area contributed by atoms with E-state index < -0.39 is 49.6 Å². The summed E-state index contributed by atoms with van der Waals surface area (Å²) in [5, 5.41) is 39.7. The van der Waals surface area contributed by atoms with Gasteiger partial charge in [0.15, 0.2) is 6.10 Å². The highest BCUT2D eigenvalue weighted by Gasteiger charge is 2.34. The number of allylic oxidation sites excluding steroid dienone is 4. The first-order chi connectivity index (χ1) is 24.4. The molecule has 0 aliphatic carbocycles. The summed E-state index contributed by atoms with van der Waals surface area (Å²) < 4.78 is 10.7. The van der Waals surface area contributed by atoms with Crippen LogP contribution in [0.4, 0.5) is 0 Å². The van der Waals surface area contributed by atoms with Gasteiger partial charge in [-0.1, -0.05) is 141 Å². The standard InChI is InChI=1S/C42H78O8/c1-3-5-7-9-11-13-15-17-19-21-23-25-27-29-31-33-39(45)49-36-38(42(48)41(47)37(44)35-43)50-40(46)34-32-30-28-26-24-22-20-18-16-14-12-10-8-6-4-2/h17-20,37-38,41-44,47-48H,3-16,21-36H2,1-2H3/t37-,38-,41-,42-/m1/s1. The van der Waals surface area contributed by atoms with Gasteiger partial charge in [-0.25, -0.2) is 0 Å². The molecule has 50 heavy (non-hydrogen) atoms. The monoisotopic (exact) mass is 711 g/mol. The van der Waals surface area contributed by atoms with Crippen molar-refractivity contribution in [2.24, 2.45) is 0 Å². The summed E-state index contributed by atoms with van der Waals surface area (Å²) in [7, 11) is 0. The van der Waals surface area contributed by atoms with Gasteiger partial charge in [0, 0.05) is 12.8 Å². The molecule has 294 valence electrons. The number of hydrogen-bond donors (Lipinski definition) is 4. The van der Waals surface area contributed by atoms with E-state index in [1.807, 2.05) is 0 Å². The van der Waals surface area contributed by atoms with Crippen molar-refractivity contribution in [3.63, 3.8) is 0 Å². The van der Waals surface area contributed by atoms with E-state index in [0.717, 1.165) is 70.6 Å². The molecule has 4 atom stereocenters. The lowest BCUT2D eigenvalue weighted by Crippen LogP contribution is -2.49. The van der Waals surface area contributed by atoms with Crippen LogP contribution in [-0.2, 0) is 19.1 Å². The molecule has 0 bridgehead atoms. The third kappa shape index (κ3) is 31.0. The molecule has 0 unspecified atom stereocenters. The lowest BCUT2D eigenvalue weighted by molar-refractivity contribution is -0.178. The van der Waals surface area contributed by atoms with Crippen LogP contribution in [0.5, 0.6) is 0 Å². The third-order valence-electron chi connectivity index (χ3n) is 9.29. The van der Waals surface area contributed by atoms with Gasteiger partial charge in [0.25, 0.3) is 0 Å². The molecule has 0 aliphatic rings. The summed E-state index contributed by atoms with van der Waals surface area (Å²) in [6.07, 6.45) is 33.1. The van der Waals surface area contributed by atoms with E-state index in [1.54, 1.807) is 0 Å². The first-order valence-electron chi connectivity index (χ1n) is 20.7. The van der Waals surface area contributed by atoms with Crippen LogP contribution >= 0.6 is 0 Å². The smallest absolute Gasteiger partial charge is 0.306 e. The first kappa shape index (κ1) is 48.3. The zero-order valence-electron chi connectivity index (χ0n) is 32.3. The lowest BCUT2D eigenvalue weighted by Gasteiger charge is -2.28. The topological polar surface area (TPSA) is 134 Å². The molecule has 0 aliphatic heterocycles. The van der Waals surface area contributed by atoms with Crippen LogP contribution in [0.2, 0.25) is 0 Å². The van der Waals surface area contributed by atoms with E-state index in [9.17, 15) is 30.0 Å². The van der Waals surface area contributed by atoms with E-state index in [2.05, 4.69) is 38.2 Å². The minimum Gasteiger partial charge on any atom is -0.462 e. The average Bonchev–Trinajstić information content (AvgIpc) is 3.12. The van der Waals surface area contributed by atoms with Crippen molar-refractivity contribution >= 4 is 11.9 Å². The van der Waals surface area contributed by atoms with Gasteiger partial charge in [0.05, 0.1) is 6.61 Å². The quantitative estimate of drug-likeness (QED) is 0.0285. The minimum absolute atomic E-state index is 0.142. The van der Waals surface area contributed by atoms with Crippen molar-refractivity contribution in [3.05, 3.63) is 24.3 Å². The Morgan fingerprint density at radius 2 is 0.860 bits per heavy atom. The molecule has 4 N–H and O–H groups in total. The van der Waals surface area contributed by atoms with Crippen molar-refractivity contribution < 1.29 is 39.5 Å². The van der Waals surface area contributed by atoms with Gasteiger partial charge in [0.1, 0.15) is 24.9 Å². The number of esters is 2. The van der Waals surface area contributed by atoms with Gasteiger partial charge >= 0.3 is 11.9 Å². The molecule has 0 saturated heterocycles. The lowest BCUT2D eigenvalue weighted by atomic mass is 10.0. The van der Waals surface area contributed by atoms with Crippen LogP contribution in [0.1, 0.15) is 194 Å². The van der Waals surface area contributed by atoms with Gasteiger partial charge in [-0.2, -0.15) is 0 Å². The molecule has 0 aromatic carbocycles. The third-order valence-corrected chi connectivity index (χ3v) is 9.29. The van der Waals surface area contributed by atoms with Crippen LogP contribution < -0.4 is 0 Å². The maximum absolute atomic E-state index is 12.5. The van der Waals surface area contributed by atoms with E-state index in [4.69, 9.17) is 9.47 Å². The van der Waals surface area contributed by atoms with Crippen LogP contribution in [0.15, 0.2) is 24.3 Å². The number of aliphatic hydroxyl groups is 4. The fourth-order valence-electron chi connectivity index (χ4n) is 5.91. The van der Waals surface area contributed by atoms with E-state index in [-0.39, 0.29) is 12.8 Å². The number of carbonyl (C=O) groups excluding carboxylic acids is 2. The average molecular weight is 711 g/mol. The highest BCUT2D eigenvalue weighted by molar-refractivity contribution is 5.70.